The van der Waals surface area contributed by atoms with Gasteiger partial charge >= 0.3 is 5.97 Å². The van der Waals surface area contributed by atoms with Gasteiger partial charge in [0.05, 0.1) is 12.4 Å². The van der Waals surface area contributed by atoms with Crippen molar-refractivity contribution in [3.05, 3.63) is 54.1 Å². The molecule has 27 heteroatoms. The molecule has 78 heavy (non-hydrogen) atoms. The molecule has 0 saturated heterocycles. The molecular formula is C51H81N13O13S. The Morgan fingerprint density at radius 3 is 1.53 bits per heavy atom. The number of imidazole rings is 1. The van der Waals surface area contributed by atoms with Gasteiger partial charge in [0.1, 0.15) is 60.4 Å². The molecular weight excluding hydrogens is 1030 g/mol. The van der Waals surface area contributed by atoms with E-state index in [1.165, 1.54) is 45.1 Å². The van der Waals surface area contributed by atoms with Crippen molar-refractivity contribution in [3.8, 4) is 0 Å². The van der Waals surface area contributed by atoms with E-state index in [9.17, 15) is 63.0 Å². The summed E-state index contributed by atoms with van der Waals surface area (Å²) in [6.45, 7) is 14.0. The van der Waals surface area contributed by atoms with E-state index >= 15 is 0 Å². The van der Waals surface area contributed by atoms with Gasteiger partial charge in [0.15, 0.2) is 0 Å². The maximum absolute atomic E-state index is 14.2. The second-order valence-corrected chi connectivity index (χ2v) is 20.9. The van der Waals surface area contributed by atoms with Gasteiger partial charge in [-0.2, -0.15) is 11.8 Å². The number of primary amides is 1. The number of aliphatic hydroxyl groups excluding tert-OH is 1. The molecule has 26 nitrogen and oxygen atoms in total. The normalized spacial score (nSPS) is 15.9. The molecule has 0 fully saturated rings. The van der Waals surface area contributed by atoms with Gasteiger partial charge in [-0.1, -0.05) is 78.3 Å². The lowest BCUT2D eigenvalue weighted by Crippen LogP contribution is -2.61. The highest BCUT2D eigenvalue weighted by Gasteiger charge is 2.37. The third kappa shape index (κ3) is 22.5. The molecule has 0 spiro atoms. The fourth-order valence-corrected chi connectivity index (χ4v) is 8.02. The largest absolute Gasteiger partial charge is 0.480 e. The van der Waals surface area contributed by atoms with Crippen molar-refractivity contribution in [1.29, 1.82) is 0 Å². The first-order valence-corrected chi connectivity index (χ1v) is 27.2. The number of carboxylic acid groups (broad SMARTS) is 1. The summed E-state index contributed by atoms with van der Waals surface area (Å²) >= 11 is 1.34. The van der Waals surface area contributed by atoms with Crippen molar-refractivity contribution in [1.82, 2.24) is 57.8 Å². The van der Waals surface area contributed by atoms with E-state index in [1.807, 2.05) is 0 Å². The summed E-state index contributed by atoms with van der Waals surface area (Å²) in [5.74, 6) is -10.8. The molecule has 10 amide bonds. The zero-order valence-electron chi connectivity index (χ0n) is 46.0. The van der Waals surface area contributed by atoms with Crippen LogP contribution in [0.4, 0.5) is 0 Å². The van der Waals surface area contributed by atoms with Crippen LogP contribution in [0.1, 0.15) is 99.3 Å². The van der Waals surface area contributed by atoms with Crippen LogP contribution in [-0.4, -0.2) is 164 Å². The summed E-state index contributed by atoms with van der Waals surface area (Å²) in [5, 5.41) is 42.7. The number of hydrogen-bond acceptors (Lipinski definition) is 15. The number of carboxylic acids is 1. The van der Waals surface area contributed by atoms with Crippen molar-refractivity contribution in [3.63, 3.8) is 0 Å². The molecule has 1 aromatic heterocycles. The highest BCUT2D eigenvalue weighted by atomic mass is 32.2. The van der Waals surface area contributed by atoms with E-state index in [1.54, 1.807) is 78.1 Å². The van der Waals surface area contributed by atoms with Gasteiger partial charge in [0, 0.05) is 31.2 Å². The second-order valence-electron chi connectivity index (χ2n) is 19.9. The number of aliphatic carboxylic acids is 1. The molecule has 1 heterocycles. The van der Waals surface area contributed by atoms with Crippen LogP contribution >= 0.6 is 11.8 Å². The van der Waals surface area contributed by atoms with E-state index in [-0.39, 0.29) is 32.1 Å². The summed E-state index contributed by atoms with van der Waals surface area (Å²) < 4.78 is 0. The van der Waals surface area contributed by atoms with Gasteiger partial charge in [-0.25, -0.2) is 9.78 Å². The molecule has 16 N–H and O–H groups in total. The zero-order chi connectivity index (χ0) is 59.0. The molecule has 12 atom stereocenters. The van der Waals surface area contributed by atoms with Gasteiger partial charge < -0.3 is 74.5 Å². The van der Waals surface area contributed by atoms with E-state index in [0.29, 0.717) is 23.4 Å². The SMILES string of the molecule is CC[C@H](C)[C@H](NC(=O)[C@H](Cc1ccccc1)NC(=O)[C@@H](NC(=O)[C@H](C)NC(=O)[C@H](CCSC)NC(=O)[C@H](CCC(N)=O)NC(=O)[C@@H](NC(=O)[C@H](C)NC(=O)[C@@H](N)[C@@H](C)O)C(C)C)C(C)C)C(=O)N[C@@H](Cc1cnc[nH]1)C(=O)O. The molecule has 0 aliphatic carbocycles. The number of nitrogens with one attached hydrogen (secondary N) is 10. The van der Waals surface area contributed by atoms with Crippen molar-refractivity contribution < 1.29 is 63.0 Å². The van der Waals surface area contributed by atoms with Crippen LogP contribution < -0.4 is 59.3 Å². The van der Waals surface area contributed by atoms with Crippen LogP contribution in [0.2, 0.25) is 0 Å². The van der Waals surface area contributed by atoms with Crippen LogP contribution in [0.3, 0.4) is 0 Å². The van der Waals surface area contributed by atoms with Gasteiger partial charge in [0.2, 0.25) is 59.1 Å². The van der Waals surface area contributed by atoms with Gasteiger partial charge in [0.25, 0.3) is 0 Å². The first-order valence-electron chi connectivity index (χ1n) is 25.8. The molecule has 0 radical (unpaired) electrons. The highest BCUT2D eigenvalue weighted by molar-refractivity contribution is 7.98. The number of H-pyrrole nitrogens is 1. The Labute approximate surface area is 458 Å². The number of thioether (sulfide) groups is 1. The minimum atomic E-state index is -1.46. The first kappa shape index (κ1) is 67.0. The number of carbonyl (C=O) groups excluding carboxylic acids is 10. The quantitative estimate of drug-likeness (QED) is 0.0353. The van der Waals surface area contributed by atoms with Crippen LogP contribution in [0.5, 0.6) is 0 Å². The van der Waals surface area contributed by atoms with Crippen LogP contribution in [0.15, 0.2) is 42.9 Å². The number of aromatic nitrogens is 2. The molecule has 1 aromatic carbocycles. The zero-order valence-corrected chi connectivity index (χ0v) is 46.8. The van der Waals surface area contributed by atoms with Gasteiger partial charge in [-0.15, -0.1) is 0 Å². The van der Waals surface area contributed by atoms with E-state index in [0.717, 1.165) is 0 Å². The summed E-state index contributed by atoms with van der Waals surface area (Å²) in [4.78, 5) is 154. The summed E-state index contributed by atoms with van der Waals surface area (Å²) in [7, 11) is 0. The average molecular weight is 1120 g/mol. The fraction of sp³-hybridized carbons (Fsp3) is 0.608. The van der Waals surface area contributed by atoms with Crippen molar-refractivity contribution in [2.75, 3.05) is 12.0 Å². The molecule has 2 aromatic rings. The lowest BCUT2D eigenvalue weighted by molar-refractivity contribution is -0.142. The maximum Gasteiger partial charge on any atom is 0.326 e. The average Bonchev–Trinajstić information content (AvgIpc) is 3.91. The van der Waals surface area contributed by atoms with Crippen molar-refractivity contribution >= 4 is 76.8 Å². The van der Waals surface area contributed by atoms with E-state index < -0.39 is 149 Å². The Hall–Kier alpha value is -7.13. The summed E-state index contributed by atoms with van der Waals surface area (Å²) in [5.41, 5.74) is 12.2. The Balaban J connectivity index is 2.31. The maximum atomic E-state index is 14.2. The van der Waals surface area contributed by atoms with E-state index in [4.69, 9.17) is 11.5 Å². The third-order valence-corrected chi connectivity index (χ3v) is 13.3. The topological polar surface area (TPSA) is 417 Å². The Kier molecular flexibility index (Phi) is 28.5. The summed E-state index contributed by atoms with van der Waals surface area (Å²) in [6, 6.07) is -4.41. The lowest BCUT2D eigenvalue weighted by atomic mass is 9.96. The number of hydrogen-bond donors (Lipinski definition) is 14. The van der Waals surface area contributed by atoms with Crippen molar-refractivity contribution in [2.45, 2.75) is 167 Å². The minimum absolute atomic E-state index is 0.0311. The Morgan fingerprint density at radius 1 is 0.590 bits per heavy atom. The molecule has 0 saturated carbocycles. The minimum Gasteiger partial charge on any atom is -0.480 e. The van der Waals surface area contributed by atoms with Gasteiger partial charge in [-0.3, -0.25) is 47.9 Å². The van der Waals surface area contributed by atoms with E-state index in [2.05, 4.69) is 57.8 Å². The number of carbonyl (C=O) groups is 11. The lowest BCUT2D eigenvalue weighted by Gasteiger charge is -2.29. The standard InChI is InChI=1S/C51H81N13O13S/c1-11-27(6)41(50(75)61-36(51(76)77)22-32-23-54-24-55-32)64-46(71)35(21-31-15-13-12-14-16-31)60-49(74)40(26(4)5)63-42(67)28(7)56-44(69)34(19-20-78-10)58-45(70)33(17-18-37(52)66)59-48(73)39(25(2)3)62-43(68)29(8)57-47(72)38(53)30(9)65/h12-16,23-30,33-36,38-41,65H,11,17-22,53H2,1-10H3,(H2,52,66)(H,54,55)(H,56,69)(H,57,72)(H,58,70)(H,59,73)(H,60,74)(H,61,75)(H,62,68)(H,63,67)(H,64,71)(H,76,77)/t27-,28-,29-,30+,33-,34-,35-,36-,38-,39-,40-,41-/m0/s1. The first-order chi connectivity index (χ1) is 36.6. The molecule has 2 rings (SSSR count). The molecule has 0 unspecified atom stereocenters. The van der Waals surface area contributed by atoms with Crippen LogP contribution in [0, 0.1) is 17.8 Å². The number of nitrogens with zero attached hydrogens (tertiary/aromatic N) is 1. The molecule has 0 aliphatic rings. The van der Waals surface area contributed by atoms with Crippen molar-refractivity contribution in [2.24, 2.45) is 29.2 Å². The monoisotopic (exact) mass is 1120 g/mol. The number of aliphatic hydroxyl groups is 1. The Morgan fingerprint density at radius 2 is 1.05 bits per heavy atom. The fourth-order valence-electron chi connectivity index (χ4n) is 7.55. The number of rotatable bonds is 34. The molecule has 0 bridgehead atoms. The van der Waals surface area contributed by atoms with Crippen LogP contribution in [0.25, 0.3) is 0 Å². The second kappa shape index (κ2) is 33.2. The predicted octanol–water partition coefficient (Wildman–Crippen LogP) is -2.23. The number of amides is 10. The number of aromatic amines is 1. The Bertz CT molecular complexity index is 2340. The van der Waals surface area contributed by atoms with Gasteiger partial charge in [-0.05, 0) is 68.9 Å². The van der Waals surface area contributed by atoms with Crippen LogP contribution in [-0.2, 0) is 65.6 Å². The smallest absolute Gasteiger partial charge is 0.326 e. The number of nitrogens with two attached hydrogens (primary N) is 2. The third-order valence-electron chi connectivity index (χ3n) is 12.7. The molecule has 0 aliphatic heterocycles. The highest BCUT2D eigenvalue weighted by Crippen LogP contribution is 2.14. The summed E-state index contributed by atoms with van der Waals surface area (Å²) in [6.07, 6.45) is 2.91. The number of benzene rings is 1. The predicted molar refractivity (Wildman–Crippen MR) is 289 cm³/mol. The molecule has 434 valence electrons.